The monoisotopic (exact) mass is 499 g/mol. The molecule has 3 aromatic rings. The zero-order valence-electron chi connectivity index (χ0n) is 19.1. The third kappa shape index (κ3) is 5.85. The molecular formula is C25H29N3O4S2. The highest BCUT2D eigenvalue weighted by Crippen LogP contribution is 2.31. The van der Waals surface area contributed by atoms with Gasteiger partial charge in [-0.1, -0.05) is 30.3 Å². The number of hydrogen-bond acceptors (Lipinski definition) is 6. The third-order valence-corrected chi connectivity index (χ3v) is 8.23. The second-order valence-electron chi connectivity index (χ2n) is 8.14. The Morgan fingerprint density at radius 2 is 1.88 bits per heavy atom. The molecule has 1 saturated heterocycles. The average Bonchev–Trinajstić information content (AvgIpc) is 3.58. The molecule has 2 aromatic carbocycles. The second-order valence-corrected chi connectivity index (χ2v) is 10.9. The van der Waals surface area contributed by atoms with Gasteiger partial charge in [0.15, 0.2) is 0 Å². The molecule has 0 spiro atoms. The van der Waals surface area contributed by atoms with Crippen molar-refractivity contribution in [3.05, 3.63) is 82.0 Å². The summed E-state index contributed by atoms with van der Waals surface area (Å²) >= 11 is 1.48. The molecule has 1 aliphatic heterocycles. The molecule has 4 rings (SSSR count). The third-order valence-electron chi connectivity index (χ3n) is 5.96. The summed E-state index contributed by atoms with van der Waals surface area (Å²) in [4.78, 5) is 16.3. The lowest BCUT2D eigenvalue weighted by molar-refractivity contribution is 0.0937. The van der Waals surface area contributed by atoms with Gasteiger partial charge < -0.3 is 10.1 Å². The van der Waals surface area contributed by atoms with Gasteiger partial charge in [0.2, 0.25) is 10.0 Å². The van der Waals surface area contributed by atoms with E-state index in [4.69, 9.17) is 4.74 Å². The van der Waals surface area contributed by atoms with Gasteiger partial charge in [0.05, 0.1) is 18.0 Å². The molecule has 0 radical (unpaired) electrons. The number of thiophene rings is 1. The number of hydrogen-bond donors (Lipinski definition) is 2. The normalized spacial score (nSPS) is 15.2. The molecule has 1 aliphatic rings. The topological polar surface area (TPSA) is 87.7 Å². The SMILES string of the molecule is COc1ccccc1C(CNC(=O)c1cccc(S(=O)(=O)NCc2cccs2)c1)N1CCCC1. The van der Waals surface area contributed by atoms with E-state index in [9.17, 15) is 13.2 Å². The van der Waals surface area contributed by atoms with Crippen molar-refractivity contribution < 1.29 is 17.9 Å². The Hall–Kier alpha value is -2.72. The van der Waals surface area contributed by atoms with Crippen molar-refractivity contribution in [2.45, 2.75) is 30.3 Å². The Labute approximate surface area is 204 Å². The van der Waals surface area contributed by atoms with E-state index in [1.54, 1.807) is 19.2 Å². The molecule has 2 heterocycles. The standard InChI is InChI=1S/C25H29N3O4S2/c1-32-24-12-3-2-11-22(24)23(28-13-4-5-14-28)18-26-25(29)19-8-6-10-21(16-19)34(30,31)27-17-20-9-7-15-33-20/h2-3,6-12,15-16,23,27H,4-5,13-14,17-18H2,1H3,(H,26,29). The summed E-state index contributed by atoms with van der Waals surface area (Å²) in [6, 6.07) is 17.7. The molecular weight excluding hydrogens is 470 g/mol. The number of methoxy groups -OCH3 is 1. The van der Waals surface area contributed by atoms with Crippen LogP contribution in [0.3, 0.4) is 0 Å². The minimum atomic E-state index is -3.74. The number of carbonyl (C=O) groups is 1. The summed E-state index contributed by atoms with van der Waals surface area (Å²) in [6.45, 7) is 2.53. The maximum absolute atomic E-state index is 13.0. The van der Waals surface area contributed by atoms with Crippen molar-refractivity contribution in [2.75, 3.05) is 26.7 Å². The molecule has 9 heteroatoms. The van der Waals surface area contributed by atoms with Crippen LogP contribution in [0.25, 0.3) is 0 Å². The van der Waals surface area contributed by atoms with Crippen molar-refractivity contribution >= 4 is 27.3 Å². The highest BCUT2D eigenvalue weighted by atomic mass is 32.2. The van der Waals surface area contributed by atoms with Crippen LogP contribution >= 0.6 is 11.3 Å². The fraction of sp³-hybridized carbons (Fsp3) is 0.320. The van der Waals surface area contributed by atoms with Gasteiger partial charge in [-0.2, -0.15) is 0 Å². The van der Waals surface area contributed by atoms with Crippen LogP contribution in [0.15, 0.2) is 70.9 Å². The van der Waals surface area contributed by atoms with Crippen molar-refractivity contribution in [3.63, 3.8) is 0 Å². The first-order chi connectivity index (χ1) is 16.5. The lowest BCUT2D eigenvalue weighted by Crippen LogP contribution is -2.37. The van der Waals surface area contributed by atoms with E-state index in [1.165, 1.54) is 23.5 Å². The first kappa shape index (κ1) is 24.4. The van der Waals surface area contributed by atoms with E-state index in [0.717, 1.165) is 42.1 Å². The number of nitrogens with one attached hydrogen (secondary N) is 2. The predicted molar refractivity (Wildman–Crippen MR) is 134 cm³/mol. The van der Waals surface area contributed by atoms with E-state index in [0.29, 0.717) is 12.1 Å². The Morgan fingerprint density at radius 1 is 1.09 bits per heavy atom. The first-order valence-electron chi connectivity index (χ1n) is 11.3. The van der Waals surface area contributed by atoms with Gasteiger partial charge in [0.25, 0.3) is 5.91 Å². The van der Waals surface area contributed by atoms with Crippen molar-refractivity contribution in [2.24, 2.45) is 0 Å². The second kappa shape index (κ2) is 11.1. The quantitative estimate of drug-likeness (QED) is 0.443. The zero-order valence-corrected chi connectivity index (χ0v) is 20.7. The van der Waals surface area contributed by atoms with Crippen molar-refractivity contribution in [3.8, 4) is 5.75 Å². The molecule has 0 bridgehead atoms. The van der Waals surface area contributed by atoms with Crippen LogP contribution < -0.4 is 14.8 Å². The molecule has 1 aromatic heterocycles. The number of sulfonamides is 1. The van der Waals surface area contributed by atoms with E-state index in [2.05, 4.69) is 14.9 Å². The van der Waals surface area contributed by atoms with Crippen LogP contribution in [-0.2, 0) is 16.6 Å². The Balaban J connectivity index is 1.47. The minimum absolute atomic E-state index is 0.0259. The van der Waals surface area contributed by atoms with E-state index >= 15 is 0 Å². The smallest absolute Gasteiger partial charge is 0.251 e. The fourth-order valence-corrected chi connectivity index (χ4v) is 5.98. The number of nitrogens with zero attached hydrogens (tertiary/aromatic N) is 1. The molecule has 1 amide bonds. The number of likely N-dealkylation sites (tertiary alicyclic amines) is 1. The summed E-state index contributed by atoms with van der Waals surface area (Å²) < 4.78 is 33.6. The van der Waals surface area contributed by atoms with E-state index in [-0.39, 0.29) is 23.4 Å². The fourth-order valence-electron chi connectivity index (χ4n) is 4.19. The molecule has 1 fully saturated rings. The van der Waals surface area contributed by atoms with Crippen molar-refractivity contribution in [1.29, 1.82) is 0 Å². The lowest BCUT2D eigenvalue weighted by Gasteiger charge is -2.29. The average molecular weight is 500 g/mol. The number of ether oxygens (including phenoxy) is 1. The number of rotatable bonds is 10. The summed E-state index contributed by atoms with van der Waals surface area (Å²) in [7, 11) is -2.09. The van der Waals surface area contributed by atoms with Crippen LogP contribution in [0, 0.1) is 0 Å². The largest absolute Gasteiger partial charge is 0.496 e. The van der Waals surface area contributed by atoms with Crippen LogP contribution in [0.5, 0.6) is 5.75 Å². The van der Waals surface area contributed by atoms with Gasteiger partial charge in [-0.05, 0) is 61.6 Å². The van der Waals surface area contributed by atoms with Gasteiger partial charge in [-0.15, -0.1) is 11.3 Å². The minimum Gasteiger partial charge on any atom is -0.496 e. The maximum atomic E-state index is 13.0. The van der Waals surface area contributed by atoms with E-state index < -0.39 is 10.0 Å². The lowest BCUT2D eigenvalue weighted by atomic mass is 10.0. The van der Waals surface area contributed by atoms with Crippen LogP contribution in [-0.4, -0.2) is 46.0 Å². The molecule has 0 aliphatic carbocycles. The number of carbonyl (C=O) groups excluding carboxylic acids is 1. The van der Waals surface area contributed by atoms with Crippen molar-refractivity contribution in [1.82, 2.24) is 14.9 Å². The summed E-state index contributed by atoms with van der Waals surface area (Å²) in [5, 5.41) is 4.91. The predicted octanol–water partition coefficient (Wildman–Crippen LogP) is 3.80. The summed E-state index contributed by atoms with van der Waals surface area (Å²) in [5.41, 5.74) is 1.33. The van der Waals surface area contributed by atoms with Crippen LogP contribution in [0.1, 0.15) is 39.7 Å². The number of amides is 1. The zero-order chi connectivity index (χ0) is 24.0. The molecule has 1 atom stereocenters. The molecule has 7 nitrogen and oxygen atoms in total. The van der Waals surface area contributed by atoms with Gasteiger partial charge >= 0.3 is 0 Å². The molecule has 1 unspecified atom stereocenters. The van der Waals surface area contributed by atoms with E-state index in [1.807, 2.05) is 41.8 Å². The number of benzene rings is 2. The Bertz CT molecular complexity index is 1210. The van der Waals surface area contributed by atoms with Gasteiger partial charge in [-0.3, -0.25) is 9.69 Å². The molecule has 0 saturated carbocycles. The van der Waals surface area contributed by atoms with Gasteiger partial charge in [-0.25, -0.2) is 13.1 Å². The summed E-state index contributed by atoms with van der Waals surface area (Å²) in [5.74, 6) is 0.480. The number of para-hydroxylation sites is 1. The first-order valence-corrected chi connectivity index (χ1v) is 13.6. The van der Waals surface area contributed by atoms with Gasteiger partial charge in [0, 0.05) is 29.1 Å². The molecule has 2 N–H and O–H groups in total. The highest BCUT2D eigenvalue weighted by Gasteiger charge is 2.26. The van der Waals surface area contributed by atoms with Crippen LogP contribution in [0.2, 0.25) is 0 Å². The van der Waals surface area contributed by atoms with Gasteiger partial charge in [0.1, 0.15) is 5.75 Å². The maximum Gasteiger partial charge on any atom is 0.251 e. The van der Waals surface area contributed by atoms with Crippen LogP contribution in [0.4, 0.5) is 0 Å². The highest BCUT2D eigenvalue weighted by molar-refractivity contribution is 7.89. The molecule has 34 heavy (non-hydrogen) atoms. The summed E-state index contributed by atoms with van der Waals surface area (Å²) in [6.07, 6.45) is 2.25. The Kier molecular flexibility index (Phi) is 7.99. The molecule has 180 valence electrons. The Morgan fingerprint density at radius 3 is 2.62 bits per heavy atom.